The molecule has 0 aliphatic heterocycles. The van der Waals surface area contributed by atoms with Crippen LogP contribution in [0.25, 0.3) is 11.2 Å². The molecular formula is C10H15Cl3N4. The van der Waals surface area contributed by atoms with Crippen molar-refractivity contribution in [1.29, 1.82) is 0 Å². The van der Waals surface area contributed by atoms with Crippen LogP contribution in [-0.2, 0) is 0 Å². The molecule has 0 saturated heterocycles. The Hall–Kier alpha value is -0.580. The van der Waals surface area contributed by atoms with E-state index in [2.05, 4.69) is 19.9 Å². The lowest BCUT2D eigenvalue weighted by Crippen LogP contribution is -1.99. The number of aromatic amines is 1. The van der Waals surface area contributed by atoms with Gasteiger partial charge in [0.1, 0.15) is 11.3 Å². The third kappa shape index (κ3) is 3.21. The van der Waals surface area contributed by atoms with Crippen molar-refractivity contribution in [1.82, 2.24) is 19.9 Å². The Balaban J connectivity index is 0.000000853. The highest BCUT2D eigenvalue weighted by molar-refractivity contribution is 5.86. The van der Waals surface area contributed by atoms with Gasteiger partial charge in [-0.05, 0) is 12.8 Å². The predicted molar refractivity (Wildman–Crippen MR) is 74.6 cm³/mol. The third-order valence-corrected chi connectivity index (χ3v) is 2.91. The van der Waals surface area contributed by atoms with Gasteiger partial charge in [-0.15, -0.1) is 37.2 Å². The Morgan fingerprint density at radius 3 is 2.47 bits per heavy atom. The van der Waals surface area contributed by atoms with E-state index in [0.717, 1.165) is 17.0 Å². The maximum absolute atomic E-state index is 4.46. The van der Waals surface area contributed by atoms with E-state index in [1.54, 1.807) is 6.33 Å². The number of nitrogens with zero attached hydrogens (tertiary/aromatic N) is 3. The number of hydrogen-bond acceptors (Lipinski definition) is 3. The molecule has 7 heteroatoms. The van der Waals surface area contributed by atoms with Crippen LogP contribution in [0.3, 0.4) is 0 Å². The molecule has 0 radical (unpaired) electrons. The van der Waals surface area contributed by atoms with E-state index in [9.17, 15) is 0 Å². The number of rotatable bonds is 1. The van der Waals surface area contributed by atoms with Crippen LogP contribution in [0, 0.1) is 0 Å². The molecule has 17 heavy (non-hydrogen) atoms. The normalized spacial score (nSPS) is 14.8. The molecule has 2 heterocycles. The predicted octanol–water partition coefficient (Wildman–Crippen LogP) is 3.28. The fourth-order valence-corrected chi connectivity index (χ4v) is 2.13. The highest BCUT2D eigenvalue weighted by Gasteiger charge is 2.19. The van der Waals surface area contributed by atoms with Crippen LogP contribution in [0.2, 0.25) is 0 Å². The van der Waals surface area contributed by atoms with Gasteiger partial charge in [0.15, 0.2) is 5.65 Å². The first kappa shape index (κ1) is 16.4. The van der Waals surface area contributed by atoms with E-state index < -0.39 is 0 Å². The first-order valence-corrected chi connectivity index (χ1v) is 5.09. The van der Waals surface area contributed by atoms with Crippen molar-refractivity contribution in [2.24, 2.45) is 0 Å². The van der Waals surface area contributed by atoms with Gasteiger partial charge in [0, 0.05) is 5.92 Å². The van der Waals surface area contributed by atoms with Gasteiger partial charge < -0.3 is 4.98 Å². The minimum Gasteiger partial charge on any atom is -0.342 e. The topological polar surface area (TPSA) is 54.5 Å². The van der Waals surface area contributed by atoms with Crippen molar-refractivity contribution < 1.29 is 0 Å². The van der Waals surface area contributed by atoms with Gasteiger partial charge in [-0.1, -0.05) is 12.8 Å². The van der Waals surface area contributed by atoms with E-state index in [4.69, 9.17) is 0 Å². The van der Waals surface area contributed by atoms with E-state index >= 15 is 0 Å². The van der Waals surface area contributed by atoms with Crippen LogP contribution < -0.4 is 0 Å². The number of halogens is 3. The monoisotopic (exact) mass is 296 g/mol. The maximum Gasteiger partial charge on any atom is 0.180 e. The smallest absolute Gasteiger partial charge is 0.180 e. The van der Waals surface area contributed by atoms with Gasteiger partial charge in [0.05, 0.1) is 12.5 Å². The van der Waals surface area contributed by atoms with Gasteiger partial charge in [0.2, 0.25) is 0 Å². The van der Waals surface area contributed by atoms with Crippen LogP contribution in [0.15, 0.2) is 12.5 Å². The Kier molecular flexibility index (Phi) is 6.75. The van der Waals surface area contributed by atoms with Crippen molar-refractivity contribution in [2.45, 2.75) is 31.6 Å². The lowest BCUT2D eigenvalue weighted by Gasteiger charge is -2.05. The summed E-state index contributed by atoms with van der Waals surface area (Å²) in [6.07, 6.45) is 8.59. The standard InChI is InChI=1S/C10H12N4.3ClH/c1-2-4-7(3-1)9-11-5-8-10(14-9)13-6-12-8;;;/h5-7H,1-4H2,(H,11,12,13,14);3*1H. The first-order chi connectivity index (χ1) is 6.93. The van der Waals surface area contributed by atoms with Crippen molar-refractivity contribution in [3.8, 4) is 0 Å². The average molecular weight is 298 g/mol. The van der Waals surface area contributed by atoms with Crippen LogP contribution in [-0.4, -0.2) is 19.9 Å². The Bertz CT molecular complexity index is 454. The summed E-state index contributed by atoms with van der Waals surface area (Å²) < 4.78 is 0. The summed E-state index contributed by atoms with van der Waals surface area (Å²) in [5.74, 6) is 1.54. The van der Waals surface area contributed by atoms with Gasteiger partial charge in [-0.3, -0.25) is 0 Å². The minimum atomic E-state index is 0. The molecule has 0 unspecified atom stereocenters. The van der Waals surface area contributed by atoms with E-state index in [0.29, 0.717) is 5.92 Å². The van der Waals surface area contributed by atoms with Crippen LogP contribution in [0.4, 0.5) is 0 Å². The SMILES string of the molecule is Cl.Cl.Cl.c1nc2nc(C3CCCC3)ncc2[nH]1. The number of nitrogens with one attached hydrogen (secondary N) is 1. The summed E-state index contributed by atoms with van der Waals surface area (Å²) in [4.78, 5) is 16.0. The van der Waals surface area contributed by atoms with Gasteiger partial charge in [-0.2, -0.15) is 0 Å². The second-order valence-corrected chi connectivity index (χ2v) is 3.85. The van der Waals surface area contributed by atoms with Gasteiger partial charge in [0.25, 0.3) is 0 Å². The number of hydrogen-bond donors (Lipinski definition) is 1. The second-order valence-electron chi connectivity index (χ2n) is 3.85. The molecule has 0 bridgehead atoms. The quantitative estimate of drug-likeness (QED) is 0.879. The molecule has 2 aromatic rings. The molecule has 2 aromatic heterocycles. The first-order valence-electron chi connectivity index (χ1n) is 5.09. The van der Waals surface area contributed by atoms with Crippen LogP contribution >= 0.6 is 37.2 Å². The summed E-state index contributed by atoms with van der Waals surface area (Å²) >= 11 is 0. The lowest BCUT2D eigenvalue weighted by molar-refractivity contribution is 0.671. The molecule has 1 saturated carbocycles. The molecule has 1 aliphatic carbocycles. The number of H-pyrrole nitrogens is 1. The van der Waals surface area contributed by atoms with E-state index in [1.807, 2.05) is 6.20 Å². The zero-order valence-electron chi connectivity index (χ0n) is 9.13. The zero-order valence-corrected chi connectivity index (χ0v) is 11.6. The van der Waals surface area contributed by atoms with Crippen molar-refractivity contribution in [3.05, 3.63) is 18.3 Å². The maximum atomic E-state index is 4.46. The molecular weight excluding hydrogens is 282 g/mol. The van der Waals surface area contributed by atoms with Gasteiger partial charge in [-0.25, -0.2) is 15.0 Å². The summed E-state index contributed by atoms with van der Waals surface area (Å²) in [7, 11) is 0. The minimum absolute atomic E-state index is 0. The highest BCUT2D eigenvalue weighted by Crippen LogP contribution is 2.32. The summed E-state index contributed by atoms with van der Waals surface area (Å²) in [6.45, 7) is 0. The molecule has 0 spiro atoms. The molecule has 0 aromatic carbocycles. The summed E-state index contributed by atoms with van der Waals surface area (Å²) in [5, 5.41) is 0. The zero-order chi connectivity index (χ0) is 9.38. The largest absolute Gasteiger partial charge is 0.342 e. The molecule has 96 valence electrons. The molecule has 1 aliphatic rings. The molecule has 3 rings (SSSR count). The van der Waals surface area contributed by atoms with E-state index in [-0.39, 0.29) is 37.2 Å². The molecule has 4 nitrogen and oxygen atoms in total. The Morgan fingerprint density at radius 2 is 1.76 bits per heavy atom. The number of aromatic nitrogens is 4. The fraction of sp³-hybridized carbons (Fsp3) is 0.500. The third-order valence-electron chi connectivity index (χ3n) is 2.91. The molecule has 1 fully saturated rings. The summed E-state index contributed by atoms with van der Waals surface area (Å²) in [6, 6.07) is 0. The Labute approximate surface area is 118 Å². The van der Waals surface area contributed by atoms with E-state index in [1.165, 1.54) is 25.7 Å². The van der Waals surface area contributed by atoms with Crippen molar-refractivity contribution >= 4 is 48.4 Å². The second kappa shape index (κ2) is 6.99. The van der Waals surface area contributed by atoms with Crippen molar-refractivity contribution in [2.75, 3.05) is 0 Å². The molecule has 0 amide bonds. The lowest BCUT2D eigenvalue weighted by atomic mass is 10.1. The number of imidazole rings is 1. The van der Waals surface area contributed by atoms with Gasteiger partial charge >= 0.3 is 0 Å². The number of fused-ring (bicyclic) bond motifs is 1. The average Bonchev–Trinajstić information content (AvgIpc) is 2.88. The van der Waals surface area contributed by atoms with Crippen molar-refractivity contribution in [3.63, 3.8) is 0 Å². The molecule has 1 N–H and O–H groups in total. The summed E-state index contributed by atoms with van der Waals surface area (Å²) in [5.41, 5.74) is 1.72. The van der Waals surface area contributed by atoms with Crippen LogP contribution in [0.5, 0.6) is 0 Å². The highest BCUT2D eigenvalue weighted by atomic mass is 35.5. The Morgan fingerprint density at radius 1 is 1.06 bits per heavy atom. The van der Waals surface area contributed by atoms with Crippen LogP contribution in [0.1, 0.15) is 37.4 Å². The fourth-order valence-electron chi connectivity index (χ4n) is 2.13. The molecule has 0 atom stereocenters.